The average Bonchev–Trinajstić information content (AvgIpc) is 2.49. The van der Waals surface area contributed by atoms with E-state index in [9.17, 15) is 4.79 Å². The third kappa shape index (κ3) is 7.01. The Kier molecular flexibility index (Phi) is 8.06. The first-order valence-corrected chi connectivity index (χ1v) is 11.7. The lowest BCUT2D eigenvalue weighted by atomic mass is 10.1. The summed E-state index contributed by atoms with van der Waals surface area (Å²) in [5.41, 5.74) is 1.27. The van der Waals surface area contributed by atoms with Crippen molar-refractivity contribution in [3.8, 4) is 5.75 Å². The number of allylic oxidation sites excluding steroid dienone is 1. The van der Waals surface area contributed by atoms with Crippen LogP contribution in [0, 0.1) is 0 Å². The summed E-state index contributed by atoms with van der Waals surface area (Å²) in [6, 6.07) is 6.46. The van der Waals surface area contributed by atoms with Gasteiger partial charge in [0.15, 0.2) is 6.79 Å². The molecular formula is C18H28O4Si. The standard InChI is InChI=1S/C18H28O4Si/c1-6-7-9-15-10-8-11-16(22-14-20-2)17(15)18(19)21-12-13-23(3,4)5/h7-11H,6,12-14H2,1-5H3/b9-7+. The molecule has 0 amide bonds. The number of carbonyl (C=O) groups is 1. The Bertz CT molecular complexity index is 532. The van der Waals surface area contributed by atoms with Gasteiger partial charge in [0.25, 0.3) is 0 Å². The minimum atomic E-state index is -1.24. The van der Waals surface area contributed by atoms with Gasteiger partial charge in [0.05, 0.1) is 6.61 Å². The molecule has 23 heavy (non-hydrogen) atoms. The molecular weight excluding hydrogens is 308 g/mol. The lowest BCUT2D eigenvalue weighted by Crippen LogP contribution is -2.23. The Labute approximate surface area is 140 Å². The van der Waals surface area contributed by atoms with Crippen molar-refractivity contribution in [3.63, 3.8) is 0 Å². The highest BCUT2D eigenvalue weighted by Gasteiger charge is 2.20. The quantitative estimate of drug-likeness (QED) is 0.376. The maximum atomic E-state index is 12.5. The zero-order valence-electron chi connectivity index (χ0n) is 14.8. The summed E-state index contributed by atoms with van der Waals surface area (Å²) >= 11 is 0. The van der Waals surface area contributed by atoms with Gasteiger partial charge in [0, 0.05) is 15.2 Å². The maximum absolute atomic E-state index is 12.5. The second-order valence-electron chi connectivity index (χ2n) is 6.53. The van der Waals surface area contributed by atoms with Gasteiger partial charge >= 0.3 is 5.97 Å². The first-order chi connectivity index (χ1) is 10.9. The highest BCUT2D eigenvalue weighted by atomic mass is 28.3. The first-order valence-electron chi connectivity index (χ1n) is 7.97. The Morgan fingerprint density at radius 1 is 1.26 bits per heavy atom. The van der Waals surface area contributed by atoms with Crippen LogP contribution in [0.15, 0.2) is 24.3 Å². The van der Waals surface area contributed by atoms with Crippen molar-refractivity contribution in [1.29, 1.82) is 0 Å². The van der Waals surface area contributed by atoms with E-state index >= 15 is 0 Å². The predicted octanol–water partition coefficient (Wildman–Crippen LogP) is 4.59. The number of hydrogen-bond acceptors (Lipinski definition) is 4. The Morgan fingerprint density at radius 2 is 2.00 bits per heavy atom. The van der Waals surface area contributed by atoms with Gasteiger partial charge in [-0.05, 0) is 24.1 Å². The molecule has 0 bridgehead atoms. The van der Waals surface area contributed by atoms with Gasteiger partial charge in [-0.2, -0.15) is 0 Å². The highest BCUT2D eigenvalue weighted by molar-refractivity contribution is 6.76. The minimum Gasteiger partial charge on any atom is -0.467 e. The molecule has 0 fully saturated rings. The summed E-state index contributed by atoms with van der Waals surface area (Å²) in [5.74, 6) is 0.147. The van der Waals surface area contributed by atoms with Crippen molar-refractivity contribution < 1.29 is 19.0 Å². The van der Waals surface area contributed by atoms with Gasteiger partial charge < -0.3 is 14.2 Å². The van der Waals surface area contributed by atoms with Gasteiger partial charge in [-0.1, -0.05) is 50.8 Å². The Morgan fingerprint density at radius 3 is 2.61 bits per heavy atom. The molecule has 5 heteroatoms. The van der Waals surface area contributed by atoms with E-state index in [1.54, 1.807) is 13.2 Å². The number of methoxy groups -OCH3 is 1. The molecule has 0 radical (unpaired) electrons. The van der Waals surface area contributed by atoms with Gasteiger partial charge in [0.1, 0.15) is 11.3 Å². The van der Waals surface area contributed by atoms with E-state index in [-0.39, 0.29) is 12.8 Å². The van der Waals surface area contributed by atoms with Crippen LogP contribution in [0.1, 0.15) is 29.3 Å². The summed E-state index contributed by atoms with van der Waals surface area (Å²) in [6.45, 7) is 9.36. The molecule has 0 aromatic heterocycles. The van der Waals surface area contributed by atoms with Crippen LogP contribution in [0.2, 0.25) is 25.7 Å². The normalized spacial score (nSPS) is 11.7. The summed E-state index contributed by atoms with van der Waals surface area (Å²) < 4.78 is 16.0. The molecule has 0 aliphatic rings. The fourth-order valence-electron chi connectivity index (χ4n) is 1.92. The summed E-state index contributed by atoms with van der Waals surface area (Å²) in [7, 11) is 0.312. The van der Waals surface area contributed by atoms with E-state index in [4.69, 9.17) is 14.2 Å². The van der Waals surface area contributed by atoms with Crippen LogP contribution >= 0.6 is 0 Å². The number of ether oxygens (including phenoxy) is 3. The van der Waals surface area contributed by atoms with Crippen molar-refractivity contribution in [2.45, 2.75) is 39.0 Å². The molecule has 1 rings (SSSR count). The number of benzene rings is 1. The van der Waals surface area contributed by atoms with Crippen molar-refractivity contribution in [1.82, 2.24) is 0 Å². The minimum absolute atomic E-state index is 0.0934. The van der Waals surface area contributed by atoms with Crippen LogP contribution in [-0.2, 0) is 9.47 Å². The van der Waals surface area contributed by atoms with E-state index in [0.717, 1.165) is 18.0 Å². The second-order valence-corrected chi connectivity index (χ2v) is 12.1. The molecule has 0 heterocycles. The molecule has 0 aliphatic heterocycles. The summed E-state index contributed by atoms with van der Waals surface area (Å²) in [4.78, 5) is 12.5. The van der Waals surface area contributed by atoms with Crippen LogP contribution in [-0.4, -0.2) is 34.6 Å². The highest BCUT2D eigenvalue weighted by Crippen LogP contribution is 2.25. The summed E-state index contributed by atoms with van der Waals surface area (Å²) in [6.07, 6.45) is 4.83. The van der Waals surface area contributed by atoms with Crippen molar-refractivity contribution in [3.05, 3.63) is 35.4 Å². The molecule has 4 nitrogen and oxygen atoms in total. The molecule has 0 N–H and O–H groups in total. The molecule has 0 aliphatic carbocycles. The fraction of sp³-hybridized carbons (Fsp3) is 0.500. The molecule has 1 aromatic carbocycles. The van der Waals surface area contributed by atoms with Gasteiger partial charge in [-0.3, -0.25) is 0 Å². The third-order valence-corrected chi connectivity index (χ3v) is 4.92. The molecule has 0 atom stereocenters. The third-order valence-electron chi connectivity index (χ3n) is 3.21. The maximum Gasteiger partial charge on any atom is 0.342 e. The predicted molar refractivity (Wildman–Crippen MR) is 96.7 cm³/mol. The van der Waals surface area contributed by atoms with Crippen LogP contribution in [0.25, 0.3) is 6.08 Å². The second kappa shape index (κ2) is 9.52. The zero-order chi connectivity index (χ0) is 17.3. The van der Waals surface area contributed by atoms with E-state index < -0.39 is 8.07 Å². The van der Waals surface area contributed by atoms with E-state index in [1.807, 2.05) is 31.2 Å². The molecule has 128 valence electrons. The van der Waals surface area contributed by atoms with Crippen molar-refractivity contribution >= 4 is 20.1 Å². The van der Waals surface area contributed by atoms with E-state index in [1.165, 1.54) is 0 Å². The molecule has 0 saturated heterocycles. The largest absolute Gasteiger partial charge is 0.467 e. The summed E-state index contributed by atoms with van der Waals surface area (Å²) in [5, 5.41) is 0. The molecule has 0 unspecified atom stereocenters. The SMILES string of the molecule is CC/C=C/c1cccc(OCOC)c1C(=O)OCC[Si](C)(C)C. The van der Waals surface area contributed by atoms with E-state index in [0.29, 0.717) is 17.9 Å². The number of hydrogen-bond donors (Lipinski definition) is 0. The van der Waals surface area contributed by atoms with Gasteiger partial charge in [-0.15, -0.1) is 0 Å². The molecule has 0 saturated carbocycles. The Balaban J connectivity index is 2.98. The van der Waals surface area contributed by atoms with Crippen LogP contribution in [0.4, 0.5) is 0 Å². The van der Waals surface area contributed by atoms with E-state index in [2.05, 4.69) is 19.6 Å². The first kappa shape index (κ1) is 19.5. The smallest absolute Gasteiger partial charge is 0.342 e. The Hall–Kier alpha value is -1.59. The van der Waals surface area contributed by atoms with Gasteiger partial charge in [-0.25, -0.2) is 4.79 Å². The number of esters is 1. The molecule has 1 aromatic rings. The average molecular weight is 337 g/mol. The van der Waals surface area contributed by atoms with Gasteiger partial charge in [0.2, 0.25) is 0 Å². The lowest BCUT2D eigenvalue weighted by Gasteiger charge is -2.17. The fourth-order valence-corrected chi connectivity index (χ4v) is 2.63. The van der Waals surface area contributed by atoms with Crippen LogP contribution in [0.3, 0.4) is 0 Å². The molecule has 0 spiro atoms. The number of rotatable bonds is 9. The van der Waals surface area contributed by atoms with Crippen LogP contribution < -0.4 is 4.74 Å². The van der Waals surface area contributed by atoms with Crippen molar-refractivity contribution in [2.24, 2.45) is 0 Å². The lowest BCUT2D eigenvalue weighted by molar-refractivity contribution is 0.0437. The monoisotopic (exact) mass is 336 g/mol. The topological polar surface area (TPSA) is 44.8 Å². The number of carbonyl (C=O) groups excluding carboxylic acids is 1. The van der Waals surface area contributed by atoms with Crippen molar-refractivity contribution in [2.75, 3.05) is 20.5 Å². The van der Waals surface area contributed by atoms with Crippen LogP contribution in [0.5, 0.6) is 5.75 Å². The zero-order valence-corrected chi connectivity index (χ0v) is 15.8.